The molecule has 0 aliphatic rings. The van der Waals surface area contributed by atoms with Crippen LogP contribution < -0.4 is 15.4 Å². The van der Waals surface area contributed by atoms with Gasteiger partial charge in [0.05, 0.1) is 5.25 Å². The topological polar surface area (TPSA) is 104 Å². The van der Waals surface area contributed by atoms with Crippen LogP contribution in [0.1, 0.15) is 40.0 Å². The molecule has 0 heterocycles. The second-order valence-corrected chi connectivity index (χ2v) is 8.07. The molecule has 2 amide bonds. The van der Waals surface area contributed by atoms with Gasteiger partial charge < -0.3 is 10.6 Å². The van der Waals surface area contributed by atoms with Crippen LogP contribution in [0.5, 0.6) is 0 Å². The minimum Gasteiger partial charge on any atom is -0.326 e. The molecule has 0 aromatic heterocycles. The summed E-state index contributed by atoms with van der Waals surface area (Å²) < 4.78 is 25.6. The summed E-state index contributed by atoms with van der Waals surface area (Å²) in [4.78, 5) is 22.7. The van der Waals surface area contributed by atoms with Crippen molar-refractivity contribution in [3.8, 4) is 0 Å². The lowest BCUT2D eigenvalue weighted by molar-refractivity contribution is -0.116. The van der Waals surface area contributed by atoms with E-state index in [1.54, 1.807) is 38.1 Å². The summed E-state index contributed by atoms with van der Waals surface area (Å²) in [6, 6.07) is 6.83. The van der Waals surface area contributed by atoms with Crippen LogP contribution in [-0.2, 0) is 19.6 Å². The number of hydrogen-bond acceptors (Lipinski definition) is 4. The average Bonchev–Trinajstić information content (AvgIpc) is 2.48. The normalized spacial score (nSPS) is 11.3. The zero-order valence-corrected chi connectivity index (χ0v) is 15.1. The van der Waals surface area contributed by atoms with Crippen molar-refractivity contribution in [3.63, 3.8) is 0 Å². The molecule has 0 radical (unpaired) electrons. The van der Waals surface area contributed by atoms with E-state index in [2.05, 4.69) is 15.4 Å². The van der Waals surface area contributed by atoms with Gasteiger partial charge in [0.2, 0.25) is 21.8 Å². The third-order valence-corrected chi connectivity index (χ3v) is 5.09. The maximum absolute atomic E-state index is 11.8. The van der Waals surface area contributed by atoms with Crippen molar-refractivity contribution >= 4 is 33.2 Å². The van der Waals surface area contributed by atoms with Crippen LogP contribution in [0.2, 0.25) is 0 Å². The second-order valence-electron chi connectivity index (χ2n) is 5.75. The Morgan fingerprint density at radius 2 is 1.54 bits per heavy atom. The quantitative estimate of drug-likeness (QED) is 0.590. The fourth-order valence-electron chi connectivity index (χ4n) is 1.86. The highest BCUT2D eigenvalue weighted by molar-refractivity contribution is 7.90. The molecule has 0 saturated carbocycles. The molecule has 0 atom stereocenters. The SMILES string of the molecule is CC(=O)Nc1ccc(NC(=O)CCCCNS(=O)(=O)C(C)C)cc1. The van der Waals surface area contributed by atoms with E-state index in [-0.39, 0.29) is 11.8 Å². The van der Waals surface area contributed by atoms with E-state index in [0.717, 1.165) is 0 Å². The standard InChI is InChI=1S/C16H25N3O4S/c1-12(2)24(22,23)17-11-5-4-6-16(21)19-15-9-7-14(8-10-15)18-13(3)20/h7-10,12,17H,4-6,11H2,1-3H3,(H,18,20)(H,19,21). The summed E-state index contributed by atoms with van der Waals surface area (Å²) in [7, 11) is -3.24. The number of carbonyl (C=O) groups excluding carboxylic acids is 2. The summed E-state index contributed by atoms with van der Waals surface area (Å²) in [5, 5.41) is 4.95. The number of sulfonamides is 1. The molecule has 0 spiro atoms. The first-order valence-electron chi connectivity index (χ1n) is 7.86. The summed E-state index contributed by atoms with van der Waals surface area (Å²) in [5.74, 6) is -0.283. The molecular weight excluding hydrogens is 330 g/mol. The van der Waals surface area contributed by atoms with E-state index in [0.29, 0.717) is 37.2 Å². The molecule has 0 saturated heterocycles. The zero-order chi connectivity index (χ0) is 18.2. The lowest BCUT2D eigenvalue weighted by atomic mass is 10.2. The molecule has 7 nitrogen and oxygen atoms in total. The van der Waals surface area contributed by atoms with Gasteiger partial charge in [-0.2, -0.15) is 0 Å². The number of nitrogens with one attached hydrogen (secondary N) is 3. The lowest BCUT2D eigenvalue weighted by Crippen LogP contribution is -2.31. The Morgan fingerprint density at radius 3 is 2.04 bits per heavy atom. The number of anilines is 2. The molecule has 0 bridgehead atoms. The molecule has 0 fully saturated rings. The summed E-state index contributed by atoms with van der Waals surface area (Å²) in [6.07, 6.45) is 1.51. The van der Waals surface area contributed by atoms with Crippen LogP contribution in [0.3, 0.4) is 0 Å². The maximum Gasteiger partial charge on any atom is 0.224 e. The summed E-state index contributed by atoms with van der Waals surface area (Å²) in [5.41, 5.74) is 1.31. The predicted octanol–water partition coefficient (Wildman–Crippen LogP) is 2.08. The molecule has 0 aliphatic heterocycles. The monoisotopic (exact) mass is 355 g/mol. The van der Waals surface area contributed by atoms with Crippen LogP contribution in [0.4, 0.5) is 11.4 Å². The highest BCUT2D eigenvalue weighted by Crippen LogP contribution is 2.14. The highest BCUT2D eigenvalue weighted by atomic mass is 32.2. The number of benzene rings is 1. The fraction of sp³-hybridized carbons (Fsp3) is 0.500. The van der Waals surface area contributed by atoms with E-state index >= 15 is 0 Å². The molecule has 24 heavy (non-hydrogen) atoms. The Balaban J connectivity index is 2.28. The second kappa shape index (κ2) is 9.39. The number of carbonyl (C=O) groups is 2. The minimum atomic E-state index is -3.24. The van der Waals surface area contributed by atoms with E-state index < -0.39 is 15.3 Å². The maximum atomic E-state index is 11.8. The number of hydrogen-bond donors (Lipinski definition) is 3. The Bertz CT molecular complexity index is 654. The van der Waals surface area contributed by atoms with Crippen LogP contribution in [-0.4, -0.2) is 32.0 Å². The molecule has 1 aromatic rings. The van der Waals surface area contributed by atoms with Crippen LogP contribution in [0.25, 0.3) is 0 Å². The number of amides is 2. The van der Waals surface area contributed by atoms with Gasteiger partial charge in [0.25, 0.3) is 0 Å². The first kappa shape index (κ1) is 20.1. The fourth-order valence-corrected chi connectivity index (χ4v) is 2.62. The van der Waals surface area contributed by atoms with Gasteiger partial charge in [0, 0.05) is 31.3 Å². The predicted molar refractivity (Wildman–Crippen MR) is 95.3 cm³/mol. The van der Waals surface area contributed by atoms with E-state index in [4.69, 9.17) is 0 Å². The molecule has 3 N–H and O–H groups in total. The Morgan fingerprint density at radius 1 is 1.00 bits per heavy atom. The molecular formula is C16H25N3O4S. The van der Waals surface area contributed by atoms with E-state index in [9.17, 15) is 18.0 Å². The van der Waals surface area contributed by atoms with Crippen LogP contribution >= 0.6 is 0 Å². The lowest BCUT2D eigenvalue weighted by Gasteiger charge is -2.09. The van der Waals surface area contributed by atoms with E-state index in [1.807, 2.05) is 0 Å². The first-order valence-corrected chi connectivity index (χ1v) is 9.41. The van der Waals surface area contributed by atoms with E-state index in [1.165, 1.54) is 6.92 Å². The zero-order valence-electron chi connectivity index (χ0n) is 14.3. The first-order chi connectivity index (χ1) is 11.2. The Kier molecular flexibility index (Phi) is 7.87. The van der Waals surface area contributed by atoms with Gasteiger partial charge in [-0.3, -0.25) is 9.59 Å². The summed E-state index contributed by atoms with van der Waals surface area (Å²) >= 11 is 0. The number of unbranched alkanes of at least 4 members (excludes halogenated alkanes) is 1. The molecule has 1 rings (SSSR count). The minimum absolute atomic E-state index is 0.131. The van der Waals surface area contributed by atoms with Gasteiger partial charge in [-0.25, -0.2) is 13.1 Å². The molecule has 8 heteroatoms. The molecule has 0 unspecified atom stereocenters. The van der Waals surface area contributed by atoms with Crippen LogP contribution in [0, 0.1) is 0 Å². The molecule has 134 valence electrons. The van der Waals surface area contributed by atoms with Crippen molar-refractivity contribution in [3.05, 3.63) is 24.3 Å². The van der Waals surface area contributed by atoms with Crippen molar-refractivity contribution in [2.45, 2.75) is 45.3 Å². The number of rotatable bonds is 9. The average molecular weight is 355 g/mol. The molecule has 1 aromatic carbocycles. The van der Waals surface area contributed by atoms with Crippen molar-refractivity contribution < 1.29 is 18.0 Å². The van der Waals surface area contributed by atoms with Gasteiger partial charge in [0.15, 0.2) is 0 Å². The van der Waals surface area contributed by atoms with Crippen molar-refractivity contribution in [2.24, 2.45) is 0 Å². The third kappa shape index (κ3) is 7.56. The third-order valence-electron chi connectivity index (χ3n) is 3.24. The van der Waals surface area contributed by atoms with Gasteiger partial charge in [0.1, 0.15) is 0 Å². The highest BCUT2D eigenvalue weighted by Gasteiger charge is 2.14. The van der Waals surface area contributed by atoms with Gasteiger partial charge in [-0.05, 0) is 51.0 Å². The van der Waals surface area contributed by atoms with Crippen LogP contribution in [0.15, 0.2) is 24.3 Å². The molecule has 0 aliphatic carbocycles. The largest absolute Gasteiger partial charge is 0.326 e. The van der Waals surface area contributed by atoms with Crippen molar-refractivity contribution in [1.29, 1.82) is 0 Å². The van der Waals surface area contributed by atoms with Gasteiger partial charge >= 0.3 is 0 Å². The smallest absolute Gasteiger partial charge is 0.224 e. The van der Waals surface area contributed by atoms with Crippen molar-refractivity contribution in [2.75, 3.05) is 17.2 Å². The van der Waals surface area contributed by atoms with Gasteiger partial charge in [-0.15, -0.1) is 0 Å². The Hall–Kier alpha value is -1.93. The van der Waals surface area contributed by atoms with Crippen molar-refractivity contribution in [1.82, 2.24) is 4.72 Å². The Labute approximate surface area is 143 Å². The summed E-state index contributed by atoms with van der Waals surface area (Å²) in [6.45, 7) is 5.00. The van der Waals surface area contributed by atoms with Gasteiger partial charge in [-0.1, -0.05) is 0 Å².